The molecule has 0 unspecified atom stereocenters. The summed E-state index contributed by atoms with van der Waals surface area (Å²) < 4.78 is 24.6. The van der Waals surface area contributed by atoms with Gasteiger partial charge in [0.05, 0.1) is 5.52 Å². The van der Waals surface area contributed by atoms with Gasteiger partial charge in [-0.25, -0.2) is 4.39 Å². The highest BCUT2D eigenvalue weighted by molar-refractivity contribution is 5.89. The number of esters is 1. The van der Waals surface area contributed by atoms with E-state index in [1.807, 2.05) is 0 Å². The summed E-state index contributed by atoms with van der Waals surface area (Å²) in [5, 5.41) is 10.6. The van der Waals surface area contributed by atoms with Crippen molar-refractivity contribution in [2.75, 3.05) is 0 Å². The van der Waals surface area contributed by atoms with Crippen molar-refractivity contribution in [3.63, 3.8) is 0 Å². The molecule has 0 aliphatic rings. The largest absolute Gasteiger partial charge is 0.504 e. The van der Waals surface area contributed by atoms with E-state index in [0.717, 1.165) is 6.92 Å². The second-order valence-corrected chi connectivity index (χ2v) is 5.37. The number of aromatic nitrogens is 1. The fourth-order valence-corrected chi connectivity index (χ4v) is 2.41. The third-order valence-electron chi connectivity index (χ3n) is 3.59. The maximum Gasteiger partial charge on any atom is 0.308 e. The molecule has 3 rings (SSSR count). The highest BCUT2D eigenvalue weighted by Crippen LogP contribution is 2.34. The van der Waals surface area contributed by atoms with Gasteiger partial charge in [0.15, 0.2) is 5.75 Å². The van der Waals surface area contributed by atoms with Gasteiger partial charge in [0.2, 0.25) is 5.75 Å². The standard InChI is InChI=1S/C18H14FNO5/c1-10(21)24-17-16(22)14-8-7-13(9-15(14)20(2)18(17)23)25-12-5-3-11(19)4-6-12/h3-9,22H,1-2H3. The van der Waals surface area contributed by atoms with Gasteiger partial charge in [-0.05, 0) is 36.4 Å². The summed E-state index contributed by atoms with van der Waals surface area (Å²) in [6.45, 7) is 1.14. The van der Waals surface area contributed by atoms with Crippen LogP contribution in [0.4, 0.5) is 4.39 Å². The Bertz CT molecular complexity index is 1020. The topological polar surface area (TPSA) is 77.8 Å². The van der Waals surface area contributed by atoms with Gasteiger partial charge in [-0.2, -0.15) is 0 Å². The predicted octanol–water partition coefficient (Wildman–Crippen LogP) is 3.10. The minimum absolute atomic E-state index is 0.324. The van der Waals surface area contributed by atoms with Crippen LogP contribution in [0.3, 0.4) is 0 Å². The molecule has 0 fully saturated rings. The number of halogens is 1. The summed E-state index contributed by atoms with van der Waals surface area (Å²) in [4.78, 5) is 23.4. The Morgan fingerprint density at radius 2 is 1.76 bits per heavy atom. The molecule has 6 nitrogen and oxygen atoms in total. The van der Waals surface area contributed by atoms with Crippen molar-refractivity contribution in [3.8, 4) is 23.0 Å². The van der Waals surface area contributed by atoms with E-state index in [2.05, 4.69) is 0 Å². The molecule has 0 radical (unpaired) electrons. The van der Waals surface area contributed by atoms with Gasteiger partial charge in [0, 0.05) is 25.4 Å². The van der Waals surface area contributed by atoms with Crippen LogP contribution >= 0.6 is 0 Å². The van der Waals surface area contributed by atoms with Crippen LogP contribution in [-0.2, 0) is 11.8 Å². The van der Waals surface area contributed by atoms with Crippen LogP contribution in [0.5, 0.6) is 23.0 Å². The number of nitrogens with zero attached hydrogens (tertiary/aromatic N) is 1. The van der Waals surface area contributed by atoms with E-state index in [-0.39, 0.29) is 5.82 Å². The molecule has 0 amide bonds. The molecule has 128 valence electrons. The molecule has 0 saturated heterocycles. The molecule has 3 aromatic rings. The fraction of sp³-hybridized carbons (Fsp3) is 0.111. The number of hydrogen-bond acceptors (Lipinski definition) is 5. The van der Waals surface area contributed by atoms with E-state index in [9.17, 15) is 19.1 Å². The van der Waals surface area contributed by atoms with Crippen molar-refractivity contribution >= 4 is 16.9 Å². The third-order valence-corrected chi connectivity index (χ3v) is 3.59. The molecule has 0 aliphatic carbocycles. The number of pyridine rings is 1. The van der Waals surface area contributed by atoms with Crippen LogP contribution in [0.2, 0.25) is 0 Å². The average molecular weight is 343 g/mol. The van der Waals surface area contributed by atoms with E-state index >= 15 is 0 Å². The van der Waals surface area contributed by atoms with Gasteiger partial charge in [0.1, 0.15) is 17.3 Å². The molecule has 0 atom stereocenters. The van der Waals surface area contributed by atoms with E-state index < -0.39 is 23.0 Å². The first-order valence-electron chi connectivity index (χ1n) is 7.34. The van der Waals surface area contributed by atoms with Gasteiger partial charge in [-0.15, -0.1) is 0 Å². The van der Waals surface area contributed by atoms with Crippen molar-refractivity contribution in [2.45, 2.75) is 6.92 Å². The second-order valence-electron chi connectivity index (χ2n) is 5.37. The summed E-state index contributed by atoms with van der Waals surface area (Å²) in [6, 6.07) is 10.1. The van der Waals surface area contributed by atoms with Crippen LogP contribution in [0, 0.1) is 5.82 Å². The van der Waals surface area contributed by atoms with Crippen molar-refractivity contribution in [1.82, 2.24) is 4.57 Å². The van der Waals surface area contributed by atoms with E-state index in [4.69, 9.17) is 9.47 Å². The molecular weight excluding hydrogens is 329 g/mol. The Morgan fingerprint density at radius 1 is 1.12 bits per heavy atom. The van der Waals surface area contributed by atoms with Crippen molar-refractivity contribution < 1.29 is 23.8 Å². The summed E-state index contributed by atoms with van der Waals surface area (Å²) in [6.07, 6.45) is 0. The lowest BCUT2D eigenvalue weighted by atomic mass is 10.1. The summed E-state index contributed by atoms with van der Waals surface area (Å²) in [5.74, 6) is -1.10. The zero-order valence-corrected chi connectivity index (χ0v) is 13.4. The molecule has 0 spiro atoms. The third kappa shape index (κ3) is 3.16. The lowest BCUT2D eigenvalue weighted by Crippen LogP contribution is -2.21. The zero-order chi connectivity index (χ0) is 18.1. The number of rotatable bonds is 3. The van der Waals surface area contributed by atoms with Crippen LogP contribution in [0.25, 0.3) is 10.9 Å². The lowest BCUT2D eigenvalue weighted by molar-refractivity contribution is -0.132. The number of ether oxygens (including phenoxy) is 2. The zero-order valence-electron chi connectivity index (χ0n) is 13.4. The highest BCUT2D eigenvalue weighted by Gasteiger charge is 2.18. The van der Waals surface area contributed by atoms with Gasteiger partial charge in [0.25, 0.3) is 5.56 Å². The van der Waals surface area contributed by atoms with Gasteiger partial charge in [-0.1, -0.05) is 0 Å². The maximum absolute atomic E-state index is 12.9. The molecule has 7 heteroatoms. The maximum atomic E-state index is 12.9. The van der Waals surface area contributed by atoms with Gasteiger partial charge < -0.3 is 19.1 Å². The number of aromatic hydroxyl groups is 1. The van der Waals surface area contributed by atoms with Gasteiger partial charge in [-0.3, -0.25) is 9.59 Å². The number of carbonyl (C=O) groups is 1. The van der Waals surface area contributed by atoms with Crippen LogP contribution < -0.4 is 15.0 Å². The first-order valence-corrected chi connectivity index (χ1v) is 7.34. The normalized spacial score (nSPS) is 10.7. The highest BCUT2D eigenvalue weighted by atomic mass is 19.1. The molecule has 1 aromatic heterocycles. The predicted molar refractivity (Wildman–Crippen MR) is 88.6 cm³/mol. The Labute approximate surface area is 141 Å². The van der Waals surface area contributed by atoms with Crippen LogP contribution in [-0.4, -0.2) is 15.6 Å². The molecule has 0 saturated carbocycles. The first-order chi connectivity index (χ1) is 11.9. The average Bonchev–Trinajstić information content (AvgIpc) is 2.58. The van der Waals surface area contributed by atoms with E-state index in [1.54, 1.807) is 12.1 Å². The summed E-state index contributed by atoms with van der Waals surface area (Å²) >= 11 is 0. The molecule has 0 aliphatic heterocycles. The fourth-order valence-electron chi connectivity index (χ4n) is 2.41. The second kappa shape index (κ2) is 6.27. The van der Waals surface area contributed by atoms with Crippen molar-refractivity contribution in [3.05, 3.63) is 58.6 Å². The number of fused-ring (bicyclic) bond motifs is 1. The SMILES string of the molecule is CC(=O)Oc1c(O)c2ccc(Oc3ccc(F)cc3)cc2n(C)c1=O. The minimum atomic E-state index is -0.706. The minimum Gasteiger partial charge on any atom is -0.504 e. The molecule has 25 heavy (non-hydrogen) atoms. The lowest BCUT2D eigenvalue weighted by Gasteiger charge is -2.13. The molecule has 1 heterocycles. The molecule has 2 aromatic carbocycles. The number of aryl methyl sites for hydroxylation is 1. The number of benzene rings is 2. The summed E-state index contributed by atoms with van der Waals surface area (Å²) in [5.41, 5.74) is -0.267. The number of carbonyl (C=O) groups excluding carboxylic acids is 1. The van der Waals surface area contributed by atoms with Gasteiger partial charge >= 0.3 is 5.97 Å². The Morgan fingerprint density at radius 3 is 2.40 bits per heavy atom. The molecule has 1 N–H and O–H groups in total. The van der Waals surface area contributed by atoms with E-state index in [0.29, 0.717) is 22.4 Å². The monoisotopic (exact) mass is 343 g/mol. The summed E-state index contributed by atoms with van der Waals surface area (Å²) in [7, 11) is 1.48. The molecule has 0 bridgehead atoms. The van der Waals surface area contributed by atoms with Crippen molar-refractivity contribution in [1.29, 1.82) is 0 Å². The Hall–Kier alpha value is -3.35. The number of hydrogen-bond donors (Lipinski definition) is 1. The molecular formula is C18H14FNO5. The smallest absolute Gasteiger partial charge is 0.308 e. The Balaban J connectivity index is 2.08. The quantitative estimate of drug-likeness (QED) is 0.740. The van der Waals surface area contributed by atoms with Crippen LogP contribution in [0.1, 0.15) is 6.92 Å². The Kier molecular flexibility index (Phi) is 4.14. The van der Waals surface area contributed by atoms with E-state index in [1.165, 1.54) is 41.9 Å². The van der Waals surface area contributed by atoms with Crippen LogP contribution in [0.15, 0.2) is 47.3 Å². The first kappa shape index (κ1) is 16.5. The van der Waals surface area contributed by atoms with Crippen molar-refractivity contribution in [2.24, 2.45) is 7.05 Å².